The second kappa shape index (κ2) is 5.02. The first kappa shape index (κ1) is 14.6. The van der Waals surface area contributed by atoms with Crippen molar-refractivity contribution in [2.24, 2.45) is 5.73 Å². The molecule has 1 rings (SSSR count). The molecule has 0 bridgehead atoms. The third-order valence-electron chi connectivity index (χ3n) is 3.28. The Hall–Kier alpha value is -1.49. The van der Waals surface area contributed by atoms with E-state index in [1.165, 1.54) is 6.07 Å². The number of rotatable bonds is 4. The van der Waals surface area contributed by atoms with Crippen LogP contribution >= 0.6 is 12.6 Å². The van der Waals surface area contributed by atoms with Gasteiger partial charge in [0, 0.05) is 10.7 Å². The normalized spacial score (nSPS) is 13.1. The van der Waals surface area contributed by atoms with E-state index in [9.17, 15) is 14.7 Å². The quantitative estimate of drug-likeness (QED) is 0.731. The Labute approximate surface area is 112 Å². The molecule has 1 unspecified atom stereocenters. The second-order valence-corrected chi connectivity index (χ2v) is 5.57. The van der Waals surface area contributed by atoms with E-state index in [2.05, 4.69) is 12.6 Å². The summed E-state index contributed by atoms with van der Waals surface area (Å²) in [5.41, 5.74) is 5.30. The number of primary amides is 1. The van der Waals surface area contributed by atoms with Crippen LogP contribution < -0.4 is 5.73 Å². The zero-order chi connectivity index (χ0) is 14.1. The highest BCUT2D eigenvalue weighted by molar-refractivity contribution is 7.81. The maximum absolute atomic E-state index is 11.4. The Morgan fingerprint density at radius 3 is 2.33 bits per heavy atom. The molecule has 0 aliphatic carbocycles. The Morgan fingerprint density at radius 2 is 1.94 bits per heavy atom. The minimum atomic E-state index is -1.15. The van der Waals surface area contributed by atoms with Crippen LogP contribution in [0, 0.1) is 0 Å². The van der Waals surface area contributed by atoms with Crippen molar-refractivity contribution in [1.82, 2.24) is 0 Å². The van der Waals surface area contributed by atoms with Crippen molar-refractivity contribution >= 4 is 24.5 Å². The number of thiol groups is 1. The van der Waals surface area contributed by atoms with Gasteiger partial charge in [-0.1, -0.05) is 32.9 Å². The number of hydrogen-bond donors (Lipinski definition) is 3. The molecule has 4 nitrogen and oxygen atoms in total. The third-order valence-corrected chi connectivity index (χ3v) is 3.93. The highest BCUT2D eigenvalue weighted by Crippen LogP contribution is 2.33. The fourth-order valence-corrected chi connectivity index (χ4v) is 1.89. The molecule has 1 aromatic carbocycles. The summed E-state index contributed by atoms with van der Waals surface area (Å²) in [6, 6.07) is 4.76. The van der Waals surface area contributed by atoms with E-state index < -0.39 is 17.3 Å². The topological polar surface area (TPSA) is 80.4 Å². The van der Waals surface area contributed by atoms with Gasteiger partial charge in [0.15, 0.2) is 0 Å². The molecule has 3 N–H and O–H groups in total. The Balaban J connectivity index is 3.60. The number of hydrogen-bond acceptors (Lipinski definition) is 3. The molecule has 1 atom stereocenters. The predicted octanol–water partition coefficient (Wildman–Crippen LogP) is 2.08. The van der Waals surface area contributed by atoms with Gasteiger partial charge in [0.1, 0.15) is 0 Å². The molecule has 0 aliphatic heterocycles. The third kappa shape index (κ3) is 2.51. The summed E-state index contributed by atoms with van der Waals surface area (Å²) in [4.78, 5) is 22.7. The molecular weight excluding hydrogens is 250 g/mol. The van der Waals surface area contributed by atoms with E-state index in [-0.39, 0.29) is 16.4 Å². The van der Waals surface area contributed by atoms with Crippen molar-refractivity contribution < 1.29 is 14.7 Å². The van der Waals surface area contributed by atoms with Gasteiger partial charge in [-0.25, -0.2) is 4.79 Å². The smallest absolute Gasteiger partial charge is 0.336 e. The maximum Gasteiger partial charge on any atom is 0.336 e. The van der Waals surface area contributed by atoms with Gasteiger partial charge >= 0.3 is 5.97 Å². The van der Waals surface area contributed by atoms with Crippen LogP contribution in [0.15, 0.2) is 18.2 Å². The summed E-state index contributed by atoms with van der Waals surface area (Å²) in [5, 5.41) is 9.24. The van der Waals surface area contributed by atoms with E-state index in [4.69, 9.17) is 5.73 Å². The van der Waals surface area contributed by atoms with E-state index >= 15 is 0 Å². The maximum atomic E-state index is 11.4. The zero-order valence-electron chi connectivity index (χ0n) is 10.6. The molecule has 0 fully saturated rings. The lowest BCUT2D eigenvalue weighted by atomic mass is 9.78. The number of carboxylic acid groups (broad SMARTS) is 1. The predicted molar refractivity (Wildman–Crippen MR) is 73.4 cm³/mol. The highest BCUT2D eigenvalue weighted by atomic mass is 32.1. The van der Waals surface area contributed by atoms with Crippen molar-refractivity contribution in [3.8, 4) is 0 Å². The average Bonchev–Trinajstić information content (AvgIpc) is 2.27. The van der Waals surface area contributed by atoms with Crippen molar-refractivity contribution in [3.05, 3.63) is 34.9 Å². The van der Waals surface area contributed by atoms with Crippen LogP contribution in [0.25, 0.3) is 0 Å². The molecule has 0 saturated carbocycles. The second-order valence-electron chi connectivity index (χ2n) is 4.80. The SMILES string of the molecule is CC(S)C(C)(C)c1cccc(C(N)=O)c1C(=O)O. The molecule has 18 heavy (non-hydrogen) atoms. The lowest BCUT2D eigenvalue weighted by Gasteiger charge is -2.31. The number of amides is 1. The van der Waals surface area contributed by atoms with Crippen LogP contribution in [-0.2, 0) is 5.41 Å². The molecule has 1 amide bonds. The first-order valence-corrected chi connectivity index (χ1v) is 6.06. The van der Waals surface area contributed by atoms with E-state index in [1.807, 2.05) is 20.8 Å². The number of carboxylic acids is 1. The molecule has 0 spiro atoms. The molecule has 0 aromatic heterocycles. The summed E-state index contributed by atoms with van der Waals surface area (Å²) < 4.78 is 0. The van der Waals surface area contributed by atoms with Crippen LogP contribution in [0.1, 0.15) is 47.1 Å². The van der Waals surface area contributed by atoms with Crippen molar-refractivity contribution in [2.45, 2.75) is 31.4 Å². The molecule has 0 saturated heterocycles. The largest absolute Gasteiger partial charge is 0.478 e. The average molecular weight is 267 g/mol. The number of carbonyl (C=O) groups is 2. The minimum Gasteiger partial charge on any atom is -0.478 e. The van der Waals surface area contributed by atoms with Crippen molar-refractivity contribution in [3.63, 3.8) is 0 Å². The fraction of sp³-hybridized carbons (Fsp3) is 0.385. The van der Waals surface area contributed by atoms with Gasteiger partial charge in [-0.15, -0.1) is 0 Å². The number of aromatic carboxylic acids is 1. The van der Waals surface area contributed by atoms with Crippen LogP contribution in [-0.4, -0.2) is 22.2 Å². The Bertz CT molecular complexity index is 495. The first-order valence-electron chi connectivity index (χ1n) is 5.54. The molecule has 0 heterocycles. The zero-order valence-corrected chi connectivity index (χ0v) is 11.5. The molecule has 0 aliphatic rings. The van der Waals surface area contributed by atoms with Crippen molar-refractivity contribution in [1.29, 1.82) is 0 Å². The first-order chi connectivity index (χ1) is 8.19. The van der Waals surface area contributed by atoms with E-state index in [0.29, 0.717) is 5.56 Å². The number of nitrogens with two attached hydrogens (primary N) is 1. The summed E-state index contributed by atoms with van der Waals surface area (Å²) in [5.74, 6) is -1.89. The van der Waals surface area contributed by atoms with Gasteiger partial charge in [0.2, 0.25) is 5.91 Å². The monoisotopic (exact) mass is 267 g/mol. The summed E-state index contributed by atoms with van der Waals surface area (Å²) >= 11 is 4.38. The van der Waals surface area contributed by atoms with Crippen LogP contribution in [0.5, 0.6) is 0 Å². The van der Waals surface area contributed by atoms with Gasteiger partial charge in [-0.2, -0.15) is 12.6 Å². The van der Waals surface area contributed by atoms with E-state index in [1.54, 1.807) is 12.1 Å². The Morgan fingerprint density at radius 1 is 1.39 bits per heavy atom. The van der Waals surface area contributed by atoms with Gasteiger partial charge < -0.3 is 10.8 Å². The van der Waals surface area contributed by atoms with Gasteiger partial charge in [0.05, 0.1) is 11.1 Å². The standard InChI is InChI=1S/C13H17NO3S/c1-7(18)13(2,3)9-6-4-5-8(11(14)15)10(9)12(16)17/h4-7,18H,1-3H3,(H2,14,15)(H,16,17). The fourth-order valence-electron chi connectivity index (χ4n) is 1.75. The Kier molecular flexibility index (Phi) is 4.06. The summed E-state index contributed by atoms with van der Waals surface area (Å²) in [6.45, 7) is 5.65. The highest BCUT2D eigenvalue weighted by Gasteiger charge is 2.32. The van der Waals surface area contributed by atoms with Crippen LogP contribution in [0.4, 0.5) is 0 Å². The molecular formula is C13H17NO3S. The number of carbonyl (C=O) groups excluding carboxylic acids is 1. The number of benzene rings is 1. The lowest BCUT2D eigenvalue weighted by molar-refractivity contribution is 0.0689. The van der Waals surface area contributed by atoms with Gasteiger partial charge in [0.25, 0.3) is 0 Å². The molecule has 1 aromatic rings. The van der Waals surface area contributed by atoms with Gasteiger partial charge in [-0.3, -0.25) is 4.79 Å². The van der Waals surface area contributed by atoms with Crippen molar-refractivity contribution in [2.75, 3.05) is 0 Å². The molecule has 98 valence electrons. The van der Waals surface area contributed by atoms with Crippen LogP contribution in [0.3, 0.4) is 0 Å². The van der Waals surface area contributed by atoms with E-state index in [0.717, 1.165) is 0 Å². The molecule has 0 radical (unpaired) electrons. The lowest BCUT2D eigenvalue weighted by Crippen LogP contribution is -2.31. The van der Waals surface area contributed by atoms with Crippen LogP contribution in [0.2, 0.25) is 0 Å². The van der Waals surface area contributed by atoms with Gasteiger partial charge in [-0.05, 0) is 11.6 Å². The molecule has 5 heteroatoms. The summed E-state index contributed by atoms with van der Waals surface area (Å²) in [7, 11) is 0. The minimum absolute atomic E-state index is 0.0297. The summed E-state index contributed by atoms with van der Waals surface area (Å²) in [6.07, 6.45) is 0.